The zero-order valence-electron chi connectivity index (χ0n) is 22.9. The van der Waals surface area contributed by atoms with E-state index in [-0.39, 0.29) is 5.41 Å². The van der Waals surface area contributed by atoms with Crippen molar-refractivity contribution >= 4 is 34.6 Å². The minimum absolute atomic E-state index is 0.240. The molecule has 0 unspecified atom stereocenters. The fourth-order valence-corrected chi connectivity index (χ4v) is 5.72. The van der Waals surface area contributed by atoms with Crippen LogP contribution in [0.5, 0.6) is 0 Å². The molecule has 1 aliphatic carbocycles. The van der Waals surface area contributed by atoms with Crippen molar-refractivity contribution in [3.63, 3.8) is 0 Å². The molecule has 0 amide bonds. The Morgan fingerprint density at radius 1 is 0.439 bits per heavy atom. The number of benzene rings is 4. The molecule has 1 aliphatic rings. The minimum atomic E-state index is -0.240. The van der Waals surface area contributed by atoms with E-state index in [0.717, 1.165) is 22.7 Å². The zero-order chi connectivity index (χ0) is 27.8. The third-order valence-corrected chi connectivity index (χ3v) is 7.69. The molecule has 2 heterocycles. The third-order valence-electron chi connectivity index (χ3n) is 7.69. The Kier molecular flexibility index (Phi) is 6.01. The van der Waals surface area contributed by atoms with Gasteiger partial charge in [-0.05, 0) is 82.9 Å². The van der Waals surface area contributed by atoms with Crippen LogP contribution in [-0.4, -0.2) is 19.9 Å². The van der Waals surface area contributed by atoms with E-state index >= 15 is 0 Å². The van der Waals surface area contributed by atoms with E-state index in [1.807, 2.05) is 48.5 Å². The van der Waals surface area contributed by atoms with Crippen LogP contribution in [0.4, 0.5) is 34.6 Å². The van der Waals surface area contributed by atoms with Crippen molar-refractivity contribution in [3.8, 4) is 11.1 Å². The average Bonchev–Trinajstić information content (AvgIpc) is 3.25. The number of hydrogen-bond donors (Lipinski definition) is 0. The lowest BCUT2D eigenvalue weighted by atomic mass is 9.82. The predicted octanol–water partition coefficient (Wildman–Crippen LogP) is 8.51. The monoisotopic (exact) mass is 532 g/mol. The van der Waals surface area contributed by atoms with Gasteiger partial charge in [0.15, 0.2) is 0 Å². The molecule has 0 bridgehead atoms. The molecule has 6 heteroatoms. The van der Waals surface area contributed by atoms with E-state index in [9.17, 15) is 0 Å². The molecule has 0 fully saturated rings. The van der Waals surface area contributed by atoms with E-state index < -0.39 is 0 Å². The fraction of sp³-hybridized carbons (Fsp3) is 0.0857. The van der Waals surface area contributed by atoms with Gasteiger partial charge in [-0.3, -0.25) is 9.80 Å². The fourth-order valence-electron chi connectivity index (χ4n) is 5.72. The highest BCUT2D eigenvalue weighted by Gasteiger charge is 2.37. The van der Waals surface area contributed by atoms with Crippen LogP contribution in [0.2, 0.25) is 0 Å². The molecule has 0 aliphatic heterocycles. The Morgan fingerprint density at radius 3 is 1.22 bits per heavy atom. The van der Waals surface area contributed by atoms with Crippen LogP contribution in [0.25, 0.3) is 11.1 Å². The minimum Gasteiger partial charge on any atom is -0.279 e. The molecule has 41 heavy (non-hydrogen) atoms. The maximum atomic E-state index is 4.59. The van der Waals surface area contributed by atoms with Gasteiger partial charge in [-0.15, -0.1) is 0 Å². The van der Waals surface area contributed by atoms with Crippen molar-refractivity contribution in [1.29, 1.82) is 0 Å². The van der Waals surface area contributed by atoms with Gasteiger partial charge in [-0.1, -0.05) is 62.4 Å². The molecular weight excluding hydrogens is 504 g/mol. The highest BCUT2D eigenvalue weighted by atomic mass is 15.3. The lowest BCUT2D eigenvalue weighted by Gasteiger charge is -2.27. The van der Waals surface area contributed by atoms with Gasteiger partial charge in [-0.2, -0.15) is 0 Å². The summed E-state index contributed by atoms with van der Waals surface area (Å²) >= 11 is 0. The topological polar surface area (TPSA) is 58.0 Å². The van der Waals surface area contributed by atoms with E-state index in [2.05, 4.69) is 104 Å². The van der Waals surface area contributed by atoms with E-state index in [0.29, 0.717) is 11.9 Å². The van der Waals surface area contributed by atoms with Crippen molar-refractivity contribution < 1.29 is 0 Å². The van der Waals surface area contributed by atoms with Crippen LogP contribution in [0.15, 0.2) is 134 Å². The van der Waals surface area contributed by atoms with Gasteiger partial charge in [0, 0.05) is 53.0 Å². The predicted molar refractivity (Wildman–Crippen MR) is 165 cm³/mol. The van der Waals surface area contributed by atoms with Crippen LogP contribution < -0.4 is 9.80 Å². The Balaban J connectivity index is 1.34. The standard InChI is InChI=1S/C35H28N6/c1-35(2)31-23-27(40(25-11-5-3-6-12-25)33-36-19-9-20-37-33)15-17-29(31)30-18-16-28(24-32(30)35)41(26-13-7-4-8-14-26)34-38-21-10-22-39-34/h3-24H,1-2H3. The first-order chi connectivity index (χ1) is 20.1. The molecule has 6 aromatic rings. The SMILES string of the molecule is CC1(C)c2cc(N(c3ccccc3)c3ncccn3)ccc2-c2ccc(N(c3ccccc3)c3ncccn3)cc21. The van der Waals surface area contributed by atoms with Gasteiger partial charge in [-0.25, -0.2) is 19.9 Å². The molecular formula is C35H28N6. The van der Waals surface area contributed by atoms with Gasteiger partial charge >= 0.3 is 0 Å². The van der Waals surface area contributed by atoms with Gasteiger partial charge in [0.05, 0.1) is 0 Å². The lowest BCUT2D eigenvalue weighted by molar-refractivity contribution is 0.660. The van der Waals surface area contributed by atoms with Gasteiger partial charge in [0.2, 0.25) is 11.9 Å². The molecule has 0 saturated carbocycles. The number of nitrogens with zero attached hydrogens (tertiary/aromatic N) is 6. The second kappa shape index (κ2) is 9.99. The molecule has 0 N–H and O–H groups in total. The molecule has 0 spiro atoms. The average molecular weight is 533 g/mol. The largest absolute Gasteiger partial charge is 0.279 e. The van der Waals surface area contributed by atoms with Crippen molar-refractivity contribution in [2.45, 2.75) is 19.3 Å². The smallest absolute Gasteiger partial charge is 0.234 e. The Labute approximate surface area is 239 Å². The maximum Gasteiger partial charge on any atom is 0.234 e. The quantitative estimate of drug-likeness (QED) is 0.214. The molecule has 6 nitrogen and oxygen atoms in total. The molecule has 2 aromatic heterocycles. The van der Waals surface area contributed by atoms with Crippen LogP contribution in [-0.2, 0) is 5.41 Å². The first-order valence-electron chi connectivity index (χ1n) is 13.6. The van der Waals surface area contributed by atoms with Crippen molar-refractivity contribution in [1.82, 2.24) is 19.9 Å². The summed E-state index contributed by atoms with van der Waals surface area (Å²) in [6.45, 7) is 4.59. The maximum absolute atomic E-state index is 4.59. The number of fused-ring (bicyclic) bond motifs is 3. The summed E-state index contributed by atoms with van der Waals surface area (Å²) in [5.74, 6) is 1.27. The first-order valence-corrected chi connectivity index (χ1v) is 13.6. The van der Waals surface area contributed by atoms with Gasteiger partial charge in [0.25, 0.3) is 0 Å². The van der Waals surface area contributed by atoms with Crippen LogP contribution in [0.1, 0.15) is 25.0 Å². The second-order valence-electron chi connectivity index (χ2n) is 10.5. The van der Waals surface area contributed by atoms with Crippen molar-refractivity contribution in [2.75, 3.05) is 9.80 Å². The third kappa shape index (κ3) is 4.30. The Morgan fingerprint density at radius 2 is 0.829 bits per heavy atom. The van der Waals surface area contributed by atoms with Gasteiger partial charge < -0.3 is 0 Å². The van der Waals surface area contributed by atoms with E-state index in [4.69, 9.17) is 0 Å². The van der Waals surface area contributed by atoms with Crippen LogP contribution in [0, 0.1) is 0 Å². The summed E-state index contributed by atoms with van der Waals surface area (Å²) in [6, 6.07) is 37.5. The molecule has 0 radical (unpaired) electrons. The Hall–Kier alpha value is -5.36. The summed E-state index contributed by atoms with van der Waals surface area (Å²) in [5.41, 5.74) is 8.83. The first kappa shape index (κ1) is 24.7. The normalized spacial score (nSPS) is 12.8. The highest BCUT2D eigenvalue weighted by molar-refractivity contribution is 5.87. The van der Waals surface area contributed by atoms with Crippen LogP contribution in [0.3, 0.4) is 0 Å². The number of hydrogen-bond acceptors (Lipinski definition) is 6. The van der Waals surface area contributed by atoms with Crippen molar-refractivity contribution in [2.24, 2.45) is 0 Å². The molecule has 0 saturated heterocycles. The molecule has 0 atom stereocenters. The summed E-state index contributed by atoms with van der Waals surface area (Å²) in [7, 11) is 0. The molecule has 7 rings (SSSR count). The summed E-state index contributed by atoms with van der Waals surface area (Å²) in [5, 5.41) is 0. The van der Waals surface area contributed by atoms with E-state index in [1.165, 1.54) is 22.3 Å². The molecule has 4 aromatic carbocycles. The summed E-state index contributed by atoms with van der Waals surface area (Å²) in [6.07, 6.45) is 7.12. The Bertz CT molecular complexity index is 1590. The summed E-state index contributed by atoms with van der Waals surface area (Å²) < 4.78 is 0. The van der Waals surface area contributed by atoms with Gasteiger partial charge in [0.1, 0.15) is 0 Å². The number of para-hydroxylation sites is 2. The highest BCUT2D eigenvalue weighted by Crippen LogP contribution is 2.52. The zero-order valence-corrected chi connectivity index (χ0v) is 22.9. The lowest BCUT2D eigenvalue weighted by Crippen LogP contribution is -2.18. The number of anilines is 6. The van der Waals surface area contributed by atoms with Crippen molar-refractivity contribution in [3.05, 3.63) is 145 Å². The molecule has 198 valence electrons. The number of rotatable bonds is 6. The van der Waals surface area contributed by atoms with Crippen LogP contribution >= 0.6 is 0 Å². The van der Waals surface area contributed by atoms with E-state index in [1.54, 1.807) is 24.8 Å². The number of aromatic nitrogens is 4. The second-order valence-corrected chi connectivity index (χ2v) is 10.5. The summed E-state index contributed by atoms with van der Waals surface area (Å²) in [4.78, 5) is 22.6.